The molecule has 0 unspecified atom stereocenters. The smallest absolute Gasteiger partial charge is 0.108 e. The van der Waals surface area contributed by atoms with E-state index >= 15 is 0 Å². The Kier molecular flexibility index (Phi) is 5.36. The molecule has 0 bridgehead atoms. The lowest BCUT2D eigenvalue weighted by molar-refractivity contribution is 0.435. The SMILES string of the molecule is C#CC(=C)/C=C\C(=C)C(=C)/C=C\C(=C)O. The number of aliphatic hydroxyl groups excluding tert-OH is 1. The van der Waals surface area contributed by atoms with Gasteiger partial charge in [-0.2, -0.15) is 0 Å². The summed E-state index contributed by atoms with van der Waals surface area (Å²) in [5, 5.41) is 8.83. The molecule has 0 aromatic rings. The second kappa shape index (κ2) is 6.28. The molecule has 1 N–H and O–H groups in total. The molecule has 0 aliphatic rings. The fourth-order valence-electron chi connectivity index (χ4n) is 0.660. The predicted molar refractivity (Wildman–Crippen MR) is 66.3 cm³/mol. The molecule has 1 nitrogen and oxygen atoms in total. The quantitative estimate of drug-likeness (QED) is 0.407. The van der Waals surface area contributed by atoms with E-state index in [9.17, 15) is 0 Å². The van der Waals surface area contributed by atoms with Crippen LogP contribution in [0.5, 0.6) is 0 Å². The fraction of sp³-hybridized carbons (Fsp3) is 0. The van der Waals surface area contributed by atoms with Gasteiger partial charge in [0.1, 0.15) is 5.76 Å². The first-order valence-electron chi connectivity index (χ1n) is 4.25. The third-order valence-corrected chi connectivity index (χ3v) is 1.56. The molecule has 0 aromatic heterocycles. The van der Waals surface area contributed by atoms with Gasteiger partial charge in [0.05, 0.1) is 0 Å². The lowest BCUT2D eigenvalue weighted by Gasteiger charge is -1.98. The van der Waals surface area contributed by atoms with Crippen molar-refractivity contribution in [2.45, 2.75) is 0 Å². The number of aliphatic hydroxyl groups is 1. The molecule has 15 heavy (non-hydrogen) atoms. The molecule has 0 spiro atoms. The maximum Gasteiger partial charge on any atom is 0.108 e. The first-order chi connectivity index (χ1) is 6.97. The highest BCUT2D eigenvalue weighted by Gasteiger charge is 1.91. The molecule has 76 valence electrons. The summed E-state index contributed by atoms with van der Waals surface area (Å²) in [6.45, 7) is 14.5. The monoisotopic (exact) mass is 198 g/mol. The van der Waals surface area contributed by atoms with Crippen LogP contribution in [0, 0.1) is 12.3 Å². The van der Waals surface area contributed by atoms with Gasteiger partial charge in [0.2, 0.25) is 0 Å². The van der Waals surface area contributed by atoms with E-state index in [0.717, 1.165) is 0 Å². The molecular formula is C14H14O. The average Bonchev–Trinajstić information content (AvgIpc) is 2.21. The standard InChI is InChI=1S/C14H14O/c1-6-11(2)7-8-12(3)13(4)9-10-14(5)15/h1,7-10,15H,2-5H2/b8-7-,10-9-. The number of hydrogen-bond donors (Lipinski definition) is 1. The molecule has 1 heteroatoms. The topological polar surface area (TPSA) is 20.2 Å². The van der Waals surface area contributed by atoms with Gasteiger partial charge in [0.25, 0.3) is 0 Å². The van der Waals surface area contributed by atoms with Crippen molar-refractivity contribution in [1.82, 2.24) is 0 Å². The van der Waals surface area contributed by atoms with Crippen LogP contribution in [-0.2, 0) is 0 Å². The maximum atomic E-state index is 8.83. The van der Waals surface area contributed by atoms with Gasteiger partial charge < -0.3 is 5.11 Å². The van der Waals surface area contributed by atoms with Crippen molar-refractivity contribution in [2.24, 2.45) is 0 Å². The van der Waals surface area contributed by atoms with Gasteiger partial charge in [-0.3, -0.25) is 0 Å². The summed E-state index contributed by atoms with van der Waals surface area (Å²) in [7, 11) is 0. The van der Waals surface area contributed by atoms with Gasteiger partial charge in [0, 0.05) is 5.57 Å². The molecule has 0 saturated carbocycles. The second-order valence-corrected chi connectivity index (χ2v) is 2.88. The van der Waals surface area contributed by atoms with E-state index in [4.69, 9.17) is 11.5 Å². The van der Waals surface area contributed by atoms with E-state index in [1.165, 1.54) is 6.08 Å². The summed E-state index contributed by atoms with van der Waals surface area (Å²) in [6, 6.07) is 0. The summed E-state index contributed by atoms with van der Waals surface area (Å²) < 4.78 is 0. The Labute approximate surface area is 91.1 Å². The van der Waals surface area contributed by atoms with Gasteiger partial charge >= 0.3 is 0 Å². The molecule has 0 rings (SSSR count). The van der Waals surface area contributed by atoms with Crippen molar-refractivity contribution < 1.29 is 5.11 Å². The summed E-state index contributed by atoms with van der Waals surface area (Å²) in [6.07, 6.45) is 11.6. The Hall–Kier alpha value is -2.20. The highest BCUT2D eigenvalue weighted by Crippen LogP contribution is 2.10. The zero-order valence-electron chi connectivity index (χ0n) is 8.66. The van der Waals surface area contributed by atoms with E-state index in [0.29, 0.717) is 16.7 Å². The molecule has 0 atom stereocenters. The molecule has 0 fully saturated rings. The Morgan fingerprint density at radius 2 is 1.40 bits per heavy atom. The average molecular weight is 198 g/mol. The third kappa shape index (κ3) is 5.95. The van der Waals surface area contributed by atoms with Crippen LogP contribution < -0.4 is 0 Å². The molecule has 0 aliphatic carbocycles. The minimum absolute atomic E-state index is 0.0269. The zero-order chi connectivity index (χ0) is 11.8. The van der Waals surface area contributed by atoms with Crippen molar-refractivity contribution in [1.29, 1.82) is 0 Å². The highest BCUT2D eigenvalue weighted by molar-refractivity contribution is 5.46. The summed E-state index contributed by atoms with van der Waals surface area (Å²) >= 11 is 0. The van der Waals surface area contributed by atoms with Gasteiger partial charge in [-0.25, -0.2) is 0 Å². The molecule has 0 aromatic carbocycles. The maximum absolute atomic E-state index is 8.83. The highest BCUT2D eigenvalue weighted by atomic mass is 16.3. The van der Waals surface area contributed by atoms with Crippen LogP contribution in [0.15, 0.2) is 73.1 Å². The molecular weight excluding hydrogens is 184 g/mol. The predicted octanol–water partition coefficient (Wildman–Crippen LogP) is 3.47. The van der Waals surface area contributed by atoms with E-state index in [-0.39, 0.29) is 5.76 Å². The lowest BCUT2D eigenvalue weighted by Crippen LogP contribution is -1.79. The first-order valence-corrected chi connectivity index (χ1v) is 4.25. The van der Waals surface area contributed by atoms with Crippen LogP contribution in [0.3, 0.4) is 0 Å². The molecule has 0 saturated heterocycles. The van der Waals surface area contributed by atoms with E-state index < -0.39 is 0 Å². The molecule has 0 amide bonds. The van der Waals surface area contributed by atoms with Crippen molar-refractivity contribution in [3.63, 3.8) is 0 Å². The summed E-state index contributed by atoms with van der Waals surface area (Å²) in [4.78, 5) is 0. The number of terminal acetylenes is 1. The van der Waals surface area contributed by atoms with Crippen molar-refractivity contribution in [2.75, 3.05) is 0 Å². The first kappa shape index (κ1) is 12.8. The van der Waals surface area contributed by atoms with Crippen LogP contribution in [0.2, 0.25) is 0 Å². The van der Waals surface area contributed by atoms with E-state index in [1.54, 1.807) is 18.2 Å². The Balaban J connectivity index is 4.43. The van der Waals surface area contributed by atoms with Crippen molar-refractivity contribution in [3.8, 4) is 12.3 Å². The molecule has 0 heterocycles. The van der Waals surface area contributed by atoms with Crippen molar-refractivity contribution in [3.05, 3.63) is 73.1 Å². The van der Waals surface area contributed by atoms with E-state index in [1.807, 2.05) is 0 Å². The Morgan fingerprint density at radius 3 is 1.80 bits per heavy atom. The van der Waals surface area contributed by atoms with Gasteiger partial charge in [-0.1, -0.05) is 44.4 Å². The molecule has 0 radical (unpaired) electrons. The Morgan fingerprint density at radius 1 is 0.933 bits per heavy atom. The lowest BCUT2D eigenvalue weighted by atomic mass is 10.1. The fourth-order valence-corrected chi connectivity index (χ4v) is 0.660. The minimum Gasteiger partial charge on any atom is -0.509 e. The largest absolute Gasteiger partial charge is 0.509 e. The van der Waals surface area contributed by atoms with Crippen LogP contribution in [0.4, 0.5) is 0 Å². The van der Waals surface area contributed by atoms with Gasteiger partial charge in [0.15, 0.2) is 0 Å². The third-order valence-electron chi connectivity index (χ3n) is 1.56. The van der Waals surface area contributed by atoms with Gasteiger partial charge in [-0.05, 0) is 23.3 Å². The zero-order valence-corrected chi connectivity index (χ0v) is 8.66. The number of rotatable bonds is 5. The second-order valence-electron chi connectivity index (χ2n) is 2.88. The van der Waals surface area contributed by atoms with Crippen molar-refractivity contribution >= 4 is 0 Å². The number of allylic oxidation sites excluding steroid dienone is 7. The van der Waals surface area contributed by atoms with Crippen LogP contribution in [-0.4, -0.2) is 5.11 Å². The van der Waals surface area contributed by atoms with Crippen LogP contribution in [0.1, 0.15) is 0 Å². The number of hydrogen-bond acceptors (Lipinski definition) is 1. The molecule has 0 aliphatic heterocycles. The Bertz CT molecular complexity index is 398. The van der Waals surface area contributed by atoms with Crippen LogP contribution >= 0.6 is 0 Å². The van der Waals surface area contributed by atoms with Gasteiger partial charge in [-0.15, -0.1) is 6.42 Å². The minimum atomic E-state index is -0.0269. The van der Waals surface area contributed by atoms with Crippen LogP contribution in [0.25, 0.3) is 0 Å². The summed E-state index contributed by atoms with van der Waals surface area (Å²) in [5.41, 5.74) is 1.94. The summed E-state index contributed by atoms with van der Waals surface area (Å²) in [5.74, 6) is 2.36. The van der Waals surface area contributed by atoms with E-state index in [2.05, 4.69) is 32.2 Å². The normalized spacial score (nSPS) is 10.1.